The average molecular weight is 527 g/mol. The Morgan fingerprint density at radius 3 is 2.57 bits per heavy atom. The van der Waals surface area contributed by atoms with E-state index in [1.807, 2.05) is 31.2 Å². The standard InChI is InChI=1S/C25H30N4O3S.C2H4O2/c1-3-5-16-14-17(7-12-21(16)30)22(31)23-24(26)28-25(33-23)27-18-8-10-20(11-9-18)32-15-19-6-4-13-29(19)2;1-2(3)4/h7-12,14,19,30H,3-6,13,15,26H2,1-2H3,(H,27,28);1H3,(H,3,4)/t19-;/m0./s1. The van der Waals surface area contributed by atoms with Gasteiger partial charge in [0.05, 0.1) is 0 Å². The number of carboxylic acid groups (broad SMARTS) is 1. The summed E-state index contributed by atoms with van der Waals surface area (Å²) in [7, 11) is 2.14. The number of likely N-dealkylation sites (N-methyl/N-ethyl adjacent to an activating group) is 1. The summed E-state index contributed by atoms with van der Waals surface area (Å²) in [6.45, 7) is 4.93. The number of thiazole rings is 1. The summed E-state index contributed by atoms with van der Waals surface area (Å²) in [6, 6.07) is 13.1. The number of hydrogen-bond donors (Lipinski definition) is 4. The number of aliphatic carboxylic acids is 1. The maximum Gasteiger partial charge on any atom is 0.300 e. The number of hydrogen-bond acceptors (Lipinski definition) is 9. The second-order valence-corrected chi connectivity index (χ2v) is 9.91. The zero-order valence-corrected chi connectivity index (χ0v) is 22.2. The highest BCUT2D eigenvalue weighted by Gasteiger charge is 2.21. The summed E-state index contributed by atoms with van der Waals surface area (Å²) in [6.07, 6.45) is 3.98. The SMILES string of the molecule is CC(=O)O.CCCc1cc(C(=O)c2sc(Nc3ccc(OC[C@@H]4CCCN4C)cc3)nc2N)ccc1O. The van der Waals surface area contributed by atoms with Crippen molar-refractivity contribution in [1.29, 1.82) is 0 Å². The van der Waals surface area contributed by atoms with Crippen LogP contribution in [0.2, 0.25) is 0 Å². The number of phenolic OH excluding ortho intramolecular Hbond substituents is 1. The smallest absolute Gasteiger partial charge is 0.300 e. The second-order valence-electron chi connectivity index (χ2n) is 8.91. The number of ether oxygens (including phenoxy) is 1. The molecule has 5 N–H and O–H groups in total. The van der Waals surface area contributed by atoms with E-state index in [0.29, 0.717) is 34.6 Å². The summed E-state index contributed by atoms with van der Waals surface area (Å²) in [5.41, 5.74) is 8.14. The number of phenols is 1. The van der Waals surface area contributed by atoms with Crippen LogP contribution < -0.4 is 15.8 Å². The molecule has 0 radical (unpaired) electrons. The molecule has 0 saturated carbocycles. The molecule has 4 rings (SSSR count). The Morgan fingerprint density at radius 1 is 1.24 bits per heavy atom. The number of aromatic nitrogens is 1. The van der Waals surface area contributed by atoms with Crippen molar-refractivity contribution in [2.45, 2.75) is 45.6 Å². The van der Waals surface area contributed by atoms with E-state index < -0.39 is 5.97 Å². The fraction of sp³-hybridized carbons (Fsp3) is 0.370. The highest BCUT2D eigenvalue weighted by molar-refractivity contribution is 7.18. The molecule has 2 heterocycles. The quantitative estimate of drug-likeness (QED) is 0.286. The summed E-state index contributed by atoms with van der Waals surface area (Å²) < 4.78 is 5.94. The lowest BCUT2D eigenvalue weighted by molar-refractivity contribution is -0.134. The van der Waals surface area contributed by atoms with Gasteiger partial charge in [-0.3, -0.25) is 9.59 Å². The first kappa shape index (κ1) is 27.9. The number of likely N-dealkylation sites (tertiary alicyclic amines) is 1. The highest BCUT2D eigenvalue weighted by Crippen LogP contribution is 2.31. The first-order chi connectivity index (χ1) is 17.7. The van der Waals surface area contributed by atoms with Gasteiger partial charge in [-0.1, -0.05) is 24.7 Å². The molecule has 37 heavy (non-hydrogen) atoms. The number of carbonyl (C=O) groups excluding carboxylic acids is 1. The normalized spacial score (nSPS) is 15.1. The molecule has 1 saturated heterocycles. The van der Waals surface area contributed by atoms with Gasteiger partial charge in [0.15, 0.2) is 5.13 Å². The molecule has 0 aliphatic carbocycles. The minimum absolute atomic E-state index is 0.193. The molecule has 198 valence electrons. The average Bonchev–Trinajstić information content (AvgIpc) is 3.43. The Hall–Kier alpha value is -3.63. The van der Waals surface area contributed by atoms with E-state index in [2.05, 4.69) is 22.2 Å². The van der Waals surface area contributed by atoms with Gasteiger partial charge in [0, 0.05) is 24.2 Å². The van der Waals surface area contributed by atoms with Crippen molar-refractivity contribution < 1.29 is 24.5 Å². The third kappa shape index (κ3) is 7.93. The molecule has 0 unspecified atom stereocenters. The molecule has 2 aromatic carbocycles. The van der Waals surface area contributed by atoms with E-state index in [1.165, 1.54) is 24.2 Å². The summed E-state index contributed by atoms with van der Waals surface area (Å²) in [5.74, 6) is 0.190. The Labute approximate surface area is 220 Å². The zero-order valence-electron chi connectivity index (χ0n) is 21.4. The molecule has 1 aliphatic heterocycles. The number of nitrogens with two attached hydrogens (primary N) is 1. The molecular weight excluding hydrogens is 492 g/mol. The summed E-state index contributed by atoms with van der Waals surface area (Å²) in [4.78, 5) is 29.1. The molecule has 1 aromatic heterocycles. The van der Waals surface area contributed by atoms with Crippen molar-refractivity contribution in [1.82, 2.24) is 9.88 Å². The third-order valence-corrected chi connectivity index (χ3v) is 6.93. The van der Waals surface area contributed by atoms with Crippen LogP contribution in [0, 0.1) is 0 Å². The third-order valence-electron chi connectivity index (χ3n) is 5.94. The van der Waals surface area contributed by atoms with Gasteiger partial charge >= 0.3 is 0 Å². The van der Waals surface area contributed by atoms with Gasteiger partial charge in [0.2, 0.25) is 5.78 Å². The predicted octanol–water partition coefficient (Wildman–Crippen LogP) is 4.92. The van der Waals surface area contributed by atoms with Gasteiger partial charge in [-0.05, 0) is 80.9 Å². The van der Waals surface area contributed by atoms with Crippen molar-refractivity contribution in [2.75, 3.05) is 31.2 Å². The van der Waals surface area contributed by atoms with Crippen molar-refractivity contribution in [2.24, 2.45) is 0 Å². The predicted molar refractivity (Wildman–Crippen MR) is 146 cm³/mol. The molecule has 0 bridgehead atoms. The Balaban J connectivity index is 0.000000886. The van der Waals surface area contributed by atoms with E-state index in [4.69, 9.17) is 20.4 Å². The molecule has 0 spiro atoms. The number of nitrogen functional groups attached to an aromatic ring is 1. The monoisotopic (exact) mass is 526 g/mol. The number of aryl methyl sites for hydroxylation is 1. The van der Waals surface area contributed by atoms with Gasteiger partial charge in [0.1, 0.15) is 28.8 Å². The fourth-order valence-corrected chi connectivity index (χ4v) is 4.88. The molecule has 1 atom stereocenters. The van der Waals surface area contributed by atoms with Gasteiger partial charge in [-0.15, -0.1) is 0 Å². The van der Waals surface area contributed by atoms with Crippen LogP contribution in [0.4, 0.5) is 16.6 Å². The molecule has 1 fully saturated rings. The minimum Gasteiger partial charge on any atom is -0.508 e. The van der Waals surface area contributed by atoms with E-state index in [0.717, 1.165) is 36.9 Å². The lowest BCUT2D eigenvalue weighted by atomic mass is 10.0. The molecular formula is C27H34N4O5S. The van der Waals surface area contributed by atoms with Crippen LogP contribution in [-0.2, 0) is 11.2 Å². The number of ketones is 1. The van der Waals surface area contributed by atoms with E-state index in [1.54, 1.807) is 18.2 Å². The van der Waals surface area contributed by atoms with Crippen LogP contribution >= 0.6 is 11.3 Å². The first-order valence-electron chi connectivity index (χ1n) is 12.2. The first-order valence-corrected chi connectivity index (χ1v) is 13.0. The number of carbonyl (C=O) groups is 2. The van der Waals surface area contributed by atoms with E-state index >= 15 is 0 Å². The van der Waals surface area contributed by atoms with Gasteiger partial charge < -0.3 is 30.9 Å². The number of nitrogens with zero attached hydrogens (tertiary/aromatic N) is 2. The van der Waals surface area contributed by atoms with Crippen LogP contribution in [0.15, 0.2) is 42.5 Å². The van der Waals surface area contributed by atoms with Gasteiger partial charge in [0.25, 0.3) is 5.97 Å². The van der Waals surface area contributed by atoms with Crippen molar-refractivity contribution >= 4 is 39.7 Å². The Kier molecular flexibility index (Phi) is 9.87. The molecule has 0 amide bonds. The van der Waals surface area contributed by atoms with E-state index in [9.17, 15) is 9.90 Å². The topological polar surface area (TPSA) is 138 Å². The molecule has 1 aliphatic rings. The van der Waals surface area contributed by atoms with Crippen LogP contribution in [0.1, 0.15) is 53.9 Å². The van der Waals surface area contributed by atoms with E-state index in [-0.39, 0.29) is 17.4 Å². The number of nitrogens with one attached hydrogen (secondary N) is 1. The lowest BCUT2D eigenvalue weighted by Gasteiger charge is -2.19. The van der Waals surface area contributed by atoms with Crippen LogP contribution in [0.25, 0.3) is 0 Å². The number of rotatable bonds is 9. The second kappa shape index (κ2) is 13.1. The van der Waals surface area contributed by atoms with Crippen molar-refractivity contribution in [3.8, 4) is 11.5 Å². The largest absolute Gasteiger partial charge is 0.508 e. The van der Waals surface area contributed by atoms with Gasteiger partial charge in [-0.25, -0.2) is 4.98 Å². The zero-order chi connectivity index (χ0) is 26.9. The summed E-state index contributed by atoms with van der Waals surface area (Å²) in [5, 5.41) is 21.2. The summed E-state index contributed by atoms with van der Waals surface area (Å²) >= 11 is 1.22. The molecule has 10 heteroatoms. The van der Waals surface area contributed by atoms with Crippen LogP contribution in [-0.4, -0.2) is 58.1 Å². The van der Waals surface area contributed by atoms with Crippen molar-refractivity contribution in [3.63, 3.8) is 0 Å². The Bertz CT molecular complexity index is 1210. The molecule has 3 aromatic rings. The highest BCUT2D eigenvalue weighted by atomic mass is 32.1. The number of aromatic hydroxyl groups is 1. The van der Waals surface area contributed by atoms with Crippen LogP contribution in [0.3, 0.4) is 0 Å². The van der Waals surface area contributed by atoms with Gasteiger partial charge in [-0.2, -0.15) is 0 Å². The maximum absolute atomic E-state index is 13.0. The fourth-order valence-electron chi connectivity index (χ4n) is 4.02. The lowest BCUT2D eigenvalue weighted by Crippen LogP contribution is -2.30. The molecule has 9 nitrogen and oxygen atoms in total. The van der Waals surface area contributed by atoms with Crippen molar-refractivity contribution in [3.05, 3.63) is 58.5 Å². The van der Waals surface area contributed by atoms with Crippen LogP contribution in [0.5, 0.6) is 11.5 Å². The maximum atomic E-state index is 13.0. The number of anilines is 3. The number of benzene rings is 2. The number of carboxylic acids is 1. The minimum atomic E-state index is -0.833. The Morgan fingerprint density at radius 2 is 1.95 bits per heavy atom.